The molecule has 1 heterocycles. The van der Waals surface area contributed by atoms with Gasteiger partial charge >= 0.3 is 0 Å². The van der Waals surface area contributed by atoms with Gasteiger partial charge in [-0.15, -0.1) is 11.8 Å². The van der Waals surface area contributed by atoms with Gasteiger partial charge in [0.2, 0.25) is 0 Å². The Balaban J connectivity index is 1.36. The molecular formula is C16H24N2OS. The fourth-order valence-corrected chi connectivity index (χ4v) is 3.28. The van der Waals surface area contributed by atoms with Gasteiger partial charge in [-0.2, -0.15) is 0 Å². The third-order valence-electron chi connectivity index (χ3n) is 3.88. The Bertz CT molecular complexity index is 399. The Labute approximate surface area is 126 Å². The molecule has 0 atom stereocenters. The number of ether oxygens (including phenoxy) is 1. The number of morpholine rings is 1. The average Bonchev–Trinajstić information content (AvgIpc) is 3.32. The van der Waals surface area contributed by atoms with E-state index in [-0.39, 0.29) is 0 Å². The summed E-state index contributed by atoms with van der Waals surface area (Å²) >= 11 is 1.96. The molecule has 4 heteroatoms. The van der Waals surface area contributed by atoms with Crippen LogP contribution in [0.25, 0.3) is 0 Å². The van der Waals surface area contributed by atoms with Crippen LogP contribution < -0.4 is 5.32 Å². The second-order valence-electron chi connectivity index (χ2n) is 5.60. The predicted octanol–water partition coefficient (Wildman–Crippen LogP) is 2.36. The highest BCUT2D eigenvalue weighted by atomic mass is 32.2. The van der Waals surface area contributed by atoms with Gasteiger partial charge in [0.1, 0.15) is 0 Å². The first kappa shape index (κ1) is 14.4. The molecule has 1 saturated heterocycles. The molecule has 1 aliphatic heterocycles. The average molecular weight is 292 g/mol. The normalized spacial score (nSPS) is 20.2. The van der Waals surface area contributed by atoms with Crippen LogP contribution in [0.15, 0.2) is 29.2 Å². The molecule has 110 valence electrons. The highest BCUT2D eigenvalue weighted by molar-refractivity contribution is 7.99. The zero-order chi connectivity index (χ0) is 13.6. The van der Waals surface area contributed by atoms with Crippen LogP contribution in [0, 0.1) is 0 Å². The lowest BCUT2D eigenvalue weighted by molar-refractivity contribution is 0.0410. The Morgan fingerprint density at radius 2 is 1.90 bits per heavy atom. The summed E-state index contributed by atoms with van der Waals surface area (Å²) in [5.41, 5.74) is 1.40. The van der Waals surface area contributed by atoms with Gasteiger partial charge in [-0.3, -0.25) is 4.90 Å². The lowest BCUT2D eigenvalue weighted by Gasteiger charge is -2.26. The summed E-state index contributed by atoms with van der Waals surface area (Å²) in [6, 6.07) is 9.82. The quantitative estimate of drug-likeness (QED) is 0.780. The number of nitrogens with one attached hydrogen (secondary N) is 1. The molecule has 2 fully saturated rings. The van der Waals surface area contributed by atoms with E-state index in [4.69, 9.17) is 4.74 Å². The fraction of sp³-hybridized carbons (Fsp3) is 0.625. The molecule has 1 aliphatic carbocycles. The molecule has 2 aliphatic rings. The van der Waals surface area contributed by atoms with Gasteiger partial charge in [0.15, 0.2) is 0 Å². The fourth-order valence-electron chi connectivity index (χ4n) is 2.37. The summed E-state index contributed by atoms with van der Waals surface area (Å²) in [4.78, 5) is 3.87. The van der Waals surface area contributed by atoms with Crippen molar-refractivity contribution >= 4 is 11.8 Å². The third kappa shape index (κ3) is 4.77. The Morgan fingerprint density at radius 3 is 2.60 bits per heavy atom. The Hall–Kier alpha value is -0.550. The first-order valence-corrected chi connectivity index (χ1v) is 8.64. The maximum atomic E-state index is 5.37. The van der Waals surface area contributed by atoms with Crippen LogP contribution in [0.1, 0.15) is 18.4 Å². The van der Waals surface area contributed by atoms with Crippen molar-refractivity contribution in [3.63, 3.8) is 0 Å². The first-order valence-electron chi connectivity index (χ1n) is 7.65. The molecule has 1 saturated carbocycles. The van der Waals surface area contributed by atoms with E-state index in [1.807, 2.05) is 11.8 Å². The minimum Gasteiger partial charge on any atom is -0.379 e. The molecule has 0 unspecified atom stereocenters. The van der Waals surface area contributed by atoms with Crippen molar-refractivity contribution in [2.75, 3.05) is 38.6 Å². The van der Waals surface area contributed by atoms with E-state index < -0.39 is 0 Å². The maximum absolute atomic E-state index is 5.37. The Morgan fingerprint density at radius 1 is 1.15 bits per heavy atom. The van der Waals surface area contributed by atoms with Crippen LogP contribution in [0.2, 0.25) is 0 Å². The number of rotatable bonds is 7. The SMILES string of the molecule is c1cc(SCCN2CCOCC2)ccc1CNC1CC1. The van der Waals surface area contributed by atoms with Crippen molar-refractivity contribution in [2.24, 2.45) is 0 Å². The van der Waals surface area contributed by atoms with Gasteiger partial charge in [-0.1, -0.05) is 12.1 Å². The molecule has 0 amide bonds. The van der Waals surface area contributed by atoms with E-state index >= 15 is 0 Å². The first-order chi connectivity index (χ1) is 9.90. The molecule has 20 heavy (non-hydrogen) atoms. The van der Waals surface area contributed by atoms with Crippen LogP contribution in [0.3, 0.4) is 0 Å². The van der Waals surface area contributed by atoms with Crippen molar-refractivity contribution in [2.45, 2.75) is 30.3 Å². The molecule has 1 aromatic carbocycles. The molecule has 0 bridgehead atoms. The van der Waals surface area contributed by atoms with E-state index in [1.165, 1.54) is 35.6 Å². The monoisotopic (exact) mass is 292 g/mol. The maximum Gasteiger partial charge on any atom is 0.0594 e. The summed E-state index contributed by atoms with van der Waals surface area (Å²) in [6.07, 6.45) is 2.71. The zero-order valence-corrected chi connectivity index (χ0v) is 12.8. The lowest BCUT2D eigenvalue weighted by Crippen LogP contribution is -2.37. The van der Waals surface area contributed by atoms with Crippen LogP contribution in [0.4, 0.5) is 0 Å². The highest BCUT2D eigenvalue weighted by Gasteiger charge is 2.19. The minimum absolute atomic E-state index is 0.789. The lowest BCUT2D eigenvalue weighted by atomic mass is 10.2. The zero-order valence-electron chi connectivity index (χ0n) is 12.0. The number of nitrogens with zero attached hydrogens (tertiary/aromatic N) is 1. The van der Waals surface area contributed by atoms with E-state index in [0.29, 0.717) is 0 Å². The highest BCUT2D eigenvalue weighted by Crippen LogP contribution is 2.21. The van der Waals surface area contributed by atoms with Crippen LogP contribution >= 0.6 is 11.8 Å². The van der Waals surface area contributed by atoms with Crippen molar-refractivity contribution in [1.29, 1.82) is 0 Å². The number of hydrogen-bond acceptors (Lipinski definition) is 4. The van der Waals surface area contributed by atoms with Crippen molar-refractivity contribution < 1.29 is 4.74 Å². The van der Waals surface area contributed by atoms with Crippen molar-refractivity contribution in [3.05, 3.63) is 29.8 Å². The van der Waals surface area contributed by atoms with Crippen LogP contribution in [0.5, 0.6) is 0 Å². The molecule has 1 N–H and O–H groups in total. The largest absolute Gasteiger partial charge is 0.379 e. The Kier molecular flexibility index (Phi) is 5.36. The summed E-state index contributed by atoms with van der Waals surface area (Å²) in [5, 5.41) is 3.55. The molecule has 3 rings (SSSR count). The summed E-state index contributed by atoms with van der Waals surface area (Å²) in [7, 11) is 0. The van der Waals surface area contributed by atoms with Crippen LogP contribution in [-0.4, -0.2) is 49.5 Å². The molecule has 0 radical (unpaired) electrons. The number of thioether (sulfide) groups is 1. The van der Waals surface area contributed by atoms with E-state index in [9.17, 15) is 0 Å². The van der Waals surface area contributed by atoms with E-state index in [2.05, 4.69) is 34.5 Å². The second kappa shape index (κ2) is 7.46. The van der Waals surface area contributed by atoms with Gasteiger partial charge in [0.25, 0.3) is 0 Å². The standard InChI is InChI=1S/C16H24N2OS/c1-5-16(6-2-14(1)13-17-15-3-4-15)20-12-9-18-7-10-19-11-8-18/h1-2,5-6,15,17H,3-4,7-13H2. The van der Waals surface area contributed by atoms with Gasteiger partial charge in [-0.25, -0.2) is 0 Å². The summed E-state index contributed by atoms with van der Waals surface area (Å²) < 4.78 is 5.37. The predicted molar refractivity (Wildman–Crippen MR) is 84.3 cm³/mol. The van der Waals surface area contributed by atoms with Gasteiger partial charge in [0, 0.05) is 42.9 Å². The number of benzene rings is 1. The van der Waals surface area contributed by atoms with Gasteiger partial charge in [-0.05, 0) is 30.5 Å². The number of hydrogen-bond donors (Lipinski definition) is 1. The van der Waals surface area contributed by atoms with Crippen molar-refractivity contribution in [1.82, 2.24) is 10.2 Å². The third-order valence-corrected chi connectivity index (χ3v) is 4.87. The van der Waals surface area contributed by atoms with Gasteiger partial charge in [0.05, 0.1) is 13.2 Å². The molecule has 0 spiro atoms. The van der Waals surface area contributed by atoms with Crippen molar-refractivity contribution in [3.8, 4) is 0 Å². The molecule has 0 aromatic heterocycles. The molecule has 3 nitrogen and oxygen atoms in total. The minimum atomic E-state index is 0.789. The van der Waals surface area contributed by atoms with Crippen LogP contribution in [-0.2, 0) is 11.3 Å². The van der Waals surface area contributed by atoms with E-state index in [1.54, 1.807) is 0 Å². The van der Waals surface area contributed by atoms with E-state index in [0.717, 1.165) is 38.9 Å². The summed E-state index contributed by atoms with van der Waals surface area (Å²) in [5.74, 6) is 1.17. The molecule has 1 aromatic rings. The smallest absolute Gasteiger partial charge is 0.0594 e. The summed E-state index contributed by atoms with van der Waals surface area (Å²) in [6.45, 7) is 6.15. The second-order valence-corrected chi connectivity index (χ2v) is 6.77. The topological polar surface area (TPSA) is 24.5 Å². The molecular weight excluding hydrogens is 268 g/mol. The van der Waals surface area contributed by atoms with Gasteiger partial charge < -0.3 is 10.1 Å².